The van der Waals surface area contributed by atoms with Gasteiger partial charge >= 0.3 is 0 Å². The molecule has 4 saturated carbocycles. The number of rotatable bonds is 8. The van der Waals surface area contributed by atoms with Crippen LogP contribution in [0.3, 0.4) is 0 Å². The summed E-state index contributed by atoms with van der Waals surface area (Å²) in [5.74, 6) is 2.35. The molecule has 0 spiro atoms. The van der Waals surface area contributed by atoms with E-state index in [2.05, 4.69) is 0 Å². The minimum atomic E-state index is -1.08. The summed E-state index contributed by atoms with van der Waals surface area (Å²) in [6.45, 7) is 0. The van der Waals surface area contributed by atoms with E-state index < -0.39 is 22.0 Å². The highest BCUT2D eigenvalue weighted by molar-refractivity contribution is 7.85. The summed E-state index contributed by atoms with van der Waals surface area (Å²) >= 11 is 0. The van der Waals surface area contributed by atoms with Gasteiger partial charge in [0, 0.05) is 10.8 Å². The minimum absolute atomic E-state index is 0.383. The molecule has 0 aromatic carbocycles. The topological polar surface area (TPSA) is 57.5 Å². The van der Waals surface area contributed by atoms with E-state index in [1.165, 1.54) is 0 Å². The molecule has 0 aromatic heterocycles. The Morgan fingerprint density at radius 3 is 1.15 bits per heavy atom. The van der Waals surface area contributed by atoms with Gasteiger partial charge in [-0.2, -0.15) is 0 Å². The van der Waals surface area contributed by atoms with Gasteiger partial charge in [-0.15, -0.1) is 0 Å². The third-order valence-corrected chi connectivity index (χ3v) is 7.49. The molecular formula is C16H26O3S. The summed E-state index contributed by atoms with van der Waals surface area (Å²) in [4.78, 5) is 0. The standard InChI is InChI=1S/C16H26O3S/c17-15(11-1-2-11,12-3-4-12)9-20(19)10-16(18,13-5-6-13)14-7-8-14/h11-14,17-18H,1-10H2. The Morgan fingerprint density at radius 1 is 0.700 bits per heavy atom. The van der Waals surface area contributed by atoms with Crippen LogP contribution in [-0.2, 0) is 10.8 Å². The molecule has 4 fully saturated rings. The van der Waals surface area contributed by atoms with Crippen LogP contribution in [0.15, 0.2) is 0 Å². The van der Waals surface area contributed by atoms with Crippen LogP contribution in [0, 0.1) is 23.7 Å². The van der Waals surface area contributed by atoms with Crippen molar-refractivity contribution < 1.29 is 14.4 Å². The van der Waals surface area contributed by atoms with Crippen molar-refractivity contribution in [1.82, 2.24) is 0 Å². The predicted molar refractivity (Wildman–Crippen MR) is 78.7 cm³/mol. The summed E-state index contributed by atoms with van der Waals surface area (Å²) < 4.78 is 12.6. The van der Waals surface area contributed by atoms with Gasteiger partial charge in [0.25, 0.3) is 0 Å². The summed E-state index contributed by atoms with van der Waals surface area (Å²) in [5, 5.41) is 21.8. The lowest BCUT2D eigenvalue weighted by Gasteiger charge is -2.32. The second-order valence-electron chi connectivity index (χ2n) is 7.81. The molecule has 4 heteroatoms. The van der Waals surface area contributed by atoms with Gasteiger partial charge in [-0.3, -0.25) is 4.21 Å². The molecule has 4 aliphatic rings. The lowest BCUT2D eigenvalue weighted by molar-refractivity contribution is 0.0122. The van der Waals surface area contributed by atoms with Gasteiger partial charge < -0.3 is 10.2 Å². The Kier molecular flexibility index (Phi) is 3.11. The van der Waals surface area contributed by atoms with E-state index in [9.17, 15) is 14.4 Å². The average molecular weight is 298 g/mol. The minimum Gasteiger partial charge on any atom is -0.388 e. The molecule has 0 amide bonds. The fourth-order valence-electron chi connectivity index (χ4n) is 4.04. The zero-order valence-corrected chi connectivity index (χ0v) is 12.9. The number of aliphatic hydroxyl groups is 2. The van der Waals surface area contributed by atoms with Crippen LogP contribution in [0.1, 0.15) is 51.4 Å². The van der Waals surface area contributed by atoms with Gasteiger partial charge in [-0.1, -0.05) is 0 Å². The van der Waals surface area contributed by atoms with Gasteiger partial charge in [0.2, 0.25) is 0 Å². The molecule has 4 rings (SSSR count). The maximum absolute atomic E-state index is 12.6. The largest absolute Gasteiger partial charge is 0.388 e. The first-order valence-electron chi connectivity index (χ1n) is 8.32. The molecule has 0 radical (unpaired) electrons. The molecule has 3 nitrogen and oxygen atoms in total. The van der Waals surface area contributed by atoms with Crippen molar-refractivity contribution in [1.29, 1.82) is 0 Å². The Labute approximate surface area is 123 Å². The van der Waals surface area contributed by atoms with Crippen molar-refractivity contribution in [3.8, 4) is 0 Å². The molecule has 114 valence electrons. The third-order valence-electron chi connectivity index (χ3n) is 5.92. The average Bonchev–Trinajstić information content (AvgIpc) is 3.30. The third kappa shape index (κ3) is 2.48. The first kappa shape index (κ1) is 13.7. The molecule has 0 bridgehead atoms. The molecule has 0 heterocycles. The first-order chi connectivity index (χ1) is 9.52. The van der Waals surface area contributed by atoms with Crippen LogP contribution in [0.25, 0.3) is 0 Å². The van der Waals surface area contributed by atoms with Gasteiger partial charge in [0.1, 0.15) is 0 Å². The fourth-order valence-corrected chi connectivity index (χ4v) is 6.11. The summed E-state index contributed by atoms with van der Waals surface area (Å²) in [7, 11) is -1.08. The lowest BCUT2D eigenvalue weighted by atomic mass is 9.94. The second kappa shape index (κ2) is 4.53. The van der Waals surface area contributed by atoms with E-state index in [1.807, 2.05) is 0 Å². The fraction of sp³-hybridized carbons (Fsp3) is 1.00. The highest BCUT2D eigenvalue weighted by Crippen LogP contribution is 2.54. The zero-order valence-electron chi connectivity index (χ0n) is 12.1. The highest BCUT2D eigenvalue weighted by Gasteiger charge is 2.57. The van der Waals surface area contributed by atoms with E-state index in [-0.39, 0.29) is 0 Å². The molecule has 20 heavy (non-hydrogen) atoms. The van der Waals surface area contributed by atoms with E-state index in [4.69, 9.17) is 0 Å². The smallest absolute Gasteiger partial charge is 0.0818 e. The van der Waals surface area contributed by atoms with E-state index >= 15 is 0 Å². The maximum atomic E-state index is 12.6. The first-order valence-corrected chi connectivity index (χ1v) is 9.81. The van der Waals surface area contributed by atoms with Crippen LogP contribution in [-0.4, -0.2) is 37.1 Å². The molecule has 0 aliphatic heterocycles. The Bertz CT molecular complexity index is 357. The van der Waals surface area contributed by atoms with Crippen LogP contribution in [0.5, 0.6) is 0 Å². The summed E-state index contributed by atoms with van der Waals surface area (Å²) in [6.07, 6.45) is 8.78. The normalized spacial score (nSPS) is 28.1. The zero-order chi connectivity index (χ0) is 14.0. The molecule has 0 aromatic rings. The Morgan fingerprint density at radius 2 is 0.950 bits per heavy atom. The van der Waals surface area contributed by atoms with E-state index in [0.29, 0.717) is 35.2 Å². The summed E-state index contributed by atoms with van der Waals surface area (Å²) in [5.41, 5.74) is -1.36. The van der Waals surface area contributed by atoms with Crippen molar-refractivity contribution >= 4 is 10.8 Å². The predicted octanol–water partition coefficient (Wildman–Crippen LogP) is 1.84. The van der Waals surface area contributed by atoms with Gasteiger partial charge in [0.15, 0.2) is 0 Å². The van der Waals surface area contributed by atoms with Crippen LogP contribution >= 0.6 is 0 Å². The van der Waals surface area contributed by atoms with Crippen LogP contribution < -0.4 is 0 Å². The van der Waals surface area contributed by atoms with Crippen molar-refractivity contribution in [2.75, 3.05) is 11.5 Å². The summed E-state index contributed by atoms with van der Waals surface area (Å²) in [6, 6.07) is 0. The van der Waals surface area contributed by atoms with Crippen molar-refractivity contribution in [3.05, 3.63) is 0 Å². The SMILES string of the molecule is O=S(CC(O)(C1CC1)C1CC1)CC(O)(C1CC1)C1CC1. The lowest BCUT2D eigenvalue weighted by Crippen LogP contribution is -2.46. The Balaban J connectivity index is 1.42. The van der Waals surface area contributed by atoms with Crippen molar-refractivity contribution in [3.63, 3.8) is 0 Å². The molecular weight excluding hydrogens is 272 g/mol. The molecule has 0 saturated heterocycles. The van der Waals surface area contributed by atoms with Crippen LogP contribution in [0.4, 0.5) is 0 Å². The van der Waals surface area contributed by atoms with Gasteiger partial charge in [-0.05, 0) is 75.0 Å². The molecule has 0 atom stereocenters. The quantitative estimate of drug-likeness (QED) is 0.719. The van der Waals surface area contributed by atoms with E-state index in [0.717, 1.165) is 51.4 Å². The second-order valence-corrected chi connectivity index (χ2v) is 9.27. The molecule has 4 aliphatic carbocycles. The highest BCUT2D eigenvalue weighted by atomic mass is 32.2. The van der Waals surface area contributed by atoms with E-state index in [1.54, 1.807) is 0 Å². The van der Waals surface area contributed by atoms with Crippen molar-refractivity contribution in [2.24, 2.45) is 23.7 Å². The number of hydrogen-bond donors (Lipinski definition) is 2. The molecule has 0 unspecified atom stereocenters. The Hall–Kier alpha value is 0.0700. The molecule has 2 N–H and O–H groups in total. The monoisotopic (exact) mass is 298 g/mol. The van der Waals surface area contributed by atoms with Gasteiger partial charge in [0.05, 0.1) is 22.7 Å². The number of hydrogen-bond acceptors (Lipinski definition) is 3. The van der Waals surface area contributed by atoms with Gasteiger partial charge in [-0.25, -0.2) is 0 Å². The maximum Gasteiger partial charge on any atom is 0.0818 e. The van der Waals surface area contributed by atoms with Crippen molar-refractivity contribution in [2.45, 2.75) is 62.6 Å². The van der Waals surface area contributed by atoms with Crippen LogP contribution in [0.2, 0.25) is 0 Å².